The molecular formula is C18H41OSi. The third-order valence-corrected chi connectivity index (χ3v) is 5.38. The Morgan fingerprint density at radius 1 is 0.500 bits per heavy atom. The van der Waals surface area contributed by atoms with Gasteiger partial charge in [-0.2, -0.15) is 0 Å². The van der Waals surface area contributed by atoms with Crippen LogP contribution in [0.2, 0.25) is 19.1 Å². The molecule has 0 aliphatic rings. The maximum absolute atomic E-state index is 2.44. The molecule has 0 heterocycles. The molecule has 0 aliphatic carbocycles. The van der Waals surface area contributed by atoms with E-state index in [1.54, 1.807) is 0 Å². The Hall–Kier alpha value is 0.177. The van der Waals surface area contributed by atoms with E-state index in [-0.39, 0.29) is 14.3 Å². The van der Waals surface area contributed by atoms with Gasteiger partial charge in [0.1, 0.15) is 0 Å². The number of hydrogen-bond acceptors (Lipinski definition) is 0. The van der Waals surface area contributed by atoms with Gasteiger partial charge in [0.15, 0.2) is 0 Å². The Kier molecular flexibility index (Phi) is 21.5. The molecule has 2 N–H and O–H groups in total. The molecular weight excluding hydrogens is 260 g/mol. The van der Waals surface area contributed by atoms with Gasteiger partial charge in [0, 0.05) is 8.80 Å². The minimum atomic E-state index is 0. The lowest BCUT2D eigenvalue weighted by Gasteiger charge is -2.04. The molecule has 1 nitrogen and oxygen atoms in total. The zero-order chi connectivity index (χ0) is 14.2. The lowest BCUT2D eigenvalue weighted by molar-refractivity contribution is 0.538. The molecule has 0 rings (SSSR count). The highest BCUT2D eigenvalue weighted by atomic mass is 28.3. The Labute approximate surface area is 130 Å². The number of hydrogen-bond donors (Lipinski definition) is 0. The van der Waals surface area contributed by atoms with Gasteiger partial charge in [-0.1, -0.05) is 116 Å². The summed E-state index contributed by atoms with van der Waals surface area (Å²) in [6, 6.07) is 1.53. The van der Waals surface area contributed by atoms with Crippen molar-refractivity contribution in [3.8, 4) is 0 Å². The summed E-state index contributed by atoms with van der Waals surface area (Å²) < 4.78 is 0. The van der Waals surface area contributed by atoms with Crippen molar-refractivity contribution in [3.05, 3.63) is 0 Å². The standard InChI is InChI=1S/C18H39Si.H2O/c1-4-5-6-7-8-9-10-11-12-13-14-15-16-17-18-19(2)3;/h4-18H2,1-3H3;1H2. The summed E-state index contributed by atoms with van der Waals surface area (Å²) in [5, 5.41) is 0. The predicted molar refractivity (Wildman–Crippen MR) is 96.2 cm³/mol. The molecule has 0 bridgehead atoms. The molecule has 0 aromatic rings. The summed E-state index contributed by atoms with van der Waals surface area (Å²) in [5.41, 5.74) is 0. The smallest absolute Gasteiger partial charge is 0.0412 e. The monoisotopic (exact) mass is 301 g/mol. The minimum Gasteiger partial charge on any atom is -0.412 e. The molecule has 0 atom stereocenters. The van der Waals surface area contributed by atoms with E-state index in [4.69, 9.17) is 0 Å². The van der Waals surface area contributed by atoms with Gasteiger partial charge in [-0.15, -0.1) is 0 Å². The second kappa shape index (κ2) is 19.2. The molecule has 0 aliphatic heterocycles. The fourth-order valence-corrected chi connectivity index (χ4v) is 3.63. The minimum absolute atomic E-state index is 0. The third kappa shape index (κ3) is 20.5. The summed E-state index contributed by atoms with van der Waals surface area (Å²) in [7, 11) is 0.0497. The average molecular weight is 302 g/mol. The van der Waals surface area contributed by atoms with Crippen LogP contribution in [0, 0.1) is 0 Å². The van der Waals surface area contributed by atoms with E-state index < -0.39 is 0 Å². The molecule has 0 saturated carbocycles. The van der Waals surface area contributed by atoms with Gasteiger partial charge in [0.2, 0.25) is 0 Å². The van der Waals surface area contributed by atoms with E-state index in [0.29, 0.717) is 0 Å². The maximum atomic E-state index is 2.44. The van der Waals surface area contributed by atoms with E-state index in [1.165, 1.54) is 95.9 Å². The molecule has 0 amide bonds. The first kappa shape index (κ1) is 22.5. The van der Waals surface area contributed by atoms with Crippen molar-refractivity contribution in [2.24, 2.45) is 0 Å². The van der Waals surface area contributed by atoms with Crippen molar-refractivity contribution in [3.63, 3.8) is 0 Å². The number of unbranched alkanes of at least 4 members (excludes halogenated alkanes) is 13. The molecule has 0 fully saturated rings. The molecule has 1 radical (unpaired) electrons. The van der Waals surface area contributed by atoms with Crippen LogP contribution >= 0.6 is 0 Å². The Morgan fingerprint density at radius 2 is 0.800 bits per heavy atom. The van der Waals surface area contributed by atoms with Crippen LogP contribution < -0.4 is 0 Å². The van der Waals surface area contributed by atoms with Crippen LogP contribution in [0.25, 0.3) is 0 Å². The van der Waals surface area contributed by atoms with Crippen LogP contribution in [-0.4, -0.2) is 14.3 Å². The maximum Gasteiger partial charge on any atom is 0.0412 e. The second-order valence-electron chi connectivity index (χ2n) is 6.55. The summed E-state index contributed by atoms with van der Waals surface area (Å²) >= 11 is 0. The van der Waals surface area contributed by atoms with Crippen LogP contribution in [0.3, 0.4) is 0 Å². The average Bonchev–Trinajstić information content (AvgIpc) is 2.39. The van der Waals surface area contributed by atoms with Crippen molar-refractivity contribution in [1.82, 2.24) is 0 Å². The zero-order valence-electron chi connectivity index (χ0n) is 14.6. The summed E-state index contributed by atoms with van der Waals surface area (Å²) in [6.45, 7) is 7.17. The van der Waals surface area contributed by atoms with Crippen LogP contribution in [0.1, 0.15) is 96.8 Å². The van der Waals surface area contributed by atoms with E-state index in [2.05, 4.69) is 20.0 Å². The van der Waals surface area contributed by atoms with Gasteiger partial charge in [-0.05, 0) is 0 Å². The first-order chi connectivity index (χ1) is 9.27. The molecule has 0 aromatic carbocycles. The van der Waals surface area contributed by atoms with E-state index in [0.717, 1.165) is 0 Å². The summed E-state index contributed by atoms with van der Waals surface area (Å²) in [5.74, 6) is 0. The molecule has 0 aromatic heterocycles. The Morgan fingerprint density at radius 3 is 1.10 bits per heavy atom. The third-order valence-electron chi connectivity index (χ3n) is 4.03. The van der Waals surface area contributed by atoms with Crippen molar-refractivity contribution >= 4 is 8.80 Å². The van der Waals surface area contributed by atoms with Gasteiger partial charge in [-0.25, -0.2) is 0 Å². The SMILES string of the molecule is CCCCCCCCCCCCCCCC[Si](C)C.O. The normalized spacial score (nSPS) is 10.8. The summed E-state index contributed by atoms with van der Waals surface area (Å²) in [6.07, 6.45) is 20.7. The van der Waals surface area contributed by atoms with Crippen LogP contribution in [0.5, 0.6) is 0 Å². The lowest BCUT2D eigenvalue weighted by Crippen LogP contribution is -1.97. The molecule has 0 unspecified atom stereocenters. The van der Waals surface area contributed by atoms with E-state index in [1.807, 2.05) is 0 Å². The van der Waals surface area contributed by atoms with Crippen LogP contribution in [-0.2, 0) is 0 Å². The molecule has 0 spiro atoms. The molecule has 2 heteroatoms. The van der Waals surface area contributed by atoms with Crippen molar-refractivity contribution in [2.75, 3.05) is 0 Å². The second-order valence-corrected chi connectivity index (χ2v) is 9.47. The highest BCUT2D eigenvalue weighted by molar-refractivity contribution is 6.55. The van der Waals surface area contributed by atoms with E-state index >= 15 is 0 Å². The Balaban J connectivity index is 0. The van der Waals surface area contributed by atoms with Crippen LogP contribution in [0.15, 0.2) is 0 Å². The first-order valence-electron chi connectivity index (χ1n) is 9.06. The summed E-state index contributed by atoms with van der Waals surface area (Å²) in [4.78, 5) is 0. The van der Waals surface area contributed by atoms with Gasteiger partial charge in [0.05, 0.1) is 0 Å². The van der Waals surface area contributed by atoms with Crippen molar-refractivity contribution in [2.45, 2.75) is 116 Å². The fraction of sp³-hybridized carbons (Fsp3) is 1.00. The molecule has 0 saturated heterocycles. The van der Waals surface area contributed by atoms with E-state index in [9.17, 15) is 0 Å². The van der Waals surface area contributed by atoms with Gasteiger partial charge < -0.3 is 5.48 Å². The van der Waals surface area contributed by atoms with Gasteiger partial charge in [-0.3, -0.25) is 0 Å². The van der Waals surface area contributed by atoms with Crippen molar-refractivity contribution < 1.29 is 5.48 Å². The van der Waals surface area contributed by atoms with Crippen molar-refractivity contribution in [1.29, 1.82) is 0 Å². The number of rotatable bonds is 15. The highest BCUT2D eigenvalue weighted by Gasteiger charge is 1.96. The lowest BCUT2D eigenvalue weighted by atomic mass is 10.0. The Bertz CT molecular complexity index is 159. The fourth-order valence-electron chi connectivity index (χ4n) is 2.67. The predicted octanol–water partition coefficient (Wildman–Crippen LogP) is 6.40. The highest BCUT2D eigenvalue weighted by Crippen LogP contribution is 2.13. The molecule has 123 valence electrons. The van der Waals surface area contributed by atoms with Crippen LogP contribution in [0.4, 0.5) is 0 Å². The quantitative estimate of drug-likeness (QED) is 0.248. The van der Waals surface area contributed by atoms with Gasteiger partial charge in [0.25, 0.3) is 0 Å². The largest absolute Gasteiger partial charge is 0.412 e. The molecule has 20 heavy (non-hydrogen) atoms. The first-order valence-corrected chi connectivity index (χ1v) is 11.8. The van der Waals surface area contributed by atoms with Gasteiger partial charge >= 0.3 is 0 Å². The topological polar surface area (TPSA) is 31.5 Å². The zero-order valence-corrected chi connectivity index (χ0v) is 15.6.